The van der Waals surface area contributed by atoms with Gasteiger partial charge in [-0.3, -0.25) is 0 Å². The third-order valence-corrected chi connectivity index (χ3v) is 5.82. The molecule has 3 aromatic rings. The molecule has 146 valence electrons. The number of fused-ring (bicyclic) bond motifs is 1. The highest BCUT2D eigenvalue weighted by atomic mass is 16.3. The van der Waals surface area contributed by atoms with Gasteiger partial charge >= 0.3 is 0 Å². The summed E-state index contributed by atoms with van der Waals surface area (Å²) in [5, 5.41) is 15.7. The minimum absolute atomic E-state index is 0.327. The van der Waals surface area contributed by atoms with Crippen molar-refractivity contribution in [1.29, 1.82) is 0 Å². The Kier molecular flexibility index (Phi) is 6.11. The van der Waals surface area contributed by atoms with Crippen LogP contribution in [-0.4, -0.2) is 14.9 Å². The van der Waals surface area contributed by atoms with Crippen LogP contribution in [-0.2, 0) is 12.8 Å². The molecule has 0 saturated heterocycles. The van der Waals surface area contributed by atoms with Crippen LogP contribution in [0.1, 0.15) is 62.6 Å². The van der Waals surface area contributed by atoms with E-state index in [0.717, 1.165) is 29.8 Å². The Morgan fingerprint density at radius 1 is 0.679 bits per heavy atom. The fourth-order valence-corrected chi connectivity index (χ4v) is 4.32. The van der Waals surface area contributed by atoms with Gasteiger partial charge in [0.15, 0.2) is 0 Å². The first kappa shape index (κ1) is 18.8. The minimum Gasteiger partial charge on any atom is -0.507 e. The first-order valence-corrected chi connectivity index (χ1v) is 10.8. The molecular weight excluding hydrogens is 344 g/mol. The summed E-state index contributed by atoms with van der Waals surface area (Å²) in [6, 6.07) is 18.0. The van der Waals surface area contributed by atoms with Crippen molar-refractivity contribution >= 4 is 0 Å². The Bertz CT molecular complexity index is 898. The second-order valence-corrected chi connectivity index (χ2v) is 7.87. The van der Waals surface area contributed by atoms with E-state index in [1.807, 2.05) is 36.4 Å². The predicted octanol–water partition coefficient (Wildman–Crippen LogP) is 6.46. The fraction of sp³-hybridized carbons (Fsp3) is 0.400. The van der Waals surface area contributed by atoms with Crippen LogP contribution in [0, 0.1) is 0 Å². The molecule has 1 aromatic heterocycles. The van der Waals surface area contributed by atoms with Crippen molar-refractivity contribution < 1.29 is 5.11 Å². The molecule has 0 radical (unpaired) electrons. The van der Waals surface area contributed by atoms with E-state index in [1.165, 1.54) is 62.6 Å². The molecule has 1 heterocycles. The van der Waals surface area contributed by atoms with E-state index in [1.54, 1.807) is 6.07 Å². The van der Waals surface area contributed by atoms with E-state index in [0.29, 0.717) is 5.75 Å². The Morgan fingerprint density at radius 2 is 1.29 bits per heavy atom. The van der Waals surface area contributed by atoms with Crippen LogP contribution in [0.2, 0.25) is 0 Å². The minimum atomic E-state index is 0.327. The molecule has 4 rings (SSSR count). The van der Waals surface area contributed by atoms with Crippen LogP contribution in [0.3, 0.4) is 0 Å². The van der Waals surface area contributed by atoms with E-state index < -0.39 is 0 Å². The standard InChI is InChI=1S/C25H30N2O/c28-24-19-13-12-17-22(24)25-21-16-10-5-3-1-2-4-6-11-18-23(21)26-27(25)20-14-8-7-9-15-20/h7-9,12-15,17,19,28H,1-6,10-11,16,18H2. The zero-order valence-corrected chi connectivity index (χ0v) is 16.6. The molecule has 0 atom stereocenters. The van der Waals surface area contributed by atoms with Gasteiger partial charge in [0.25, 0.3) is 0 Å². The number of nitrogens with zero attached hydrogens (tertiary/aromatic N) is 2. The van der Waals surface area contributed by atoms with Gasteiger partial charge in [-0.1, -0.05) is 68.9 Å². The quantitative estimate of drug-likeness (QED) is 0.558. The number of hydrogen-bond acceptors (Lipinski definition) is 2. The molecule has 3 heteroatoms. The first-order chi connectivity index (χ1) is 13.8. The van der Waals surface area contributed by atoms with Gasteiger partial charge in [0.2, 0.25) is 0 Å². The van der Waals surface area contributed by atoms with E-state index >= 15 is 0 Å². The molecule has 1 aliphatic carbocycles. The van der Waals surface area contributed by atoms with Crippen LogP contribution in [0.25, 0.3) is 16.9 Å². The van der Waals surface area contributed by atoms with Crippen molar-refractivity contribution in [2.24, 2.45) is 0 Å². The maximum absolute atomic E-state index is 10.6. The monoisotopic (exact) mass is 374 g/mol. The Labute approximate surface area is 168 Å². The number of rotatable bonds is 2. The van der Waals surface area contributed by atoms with Gasteiger partial charge in [0.1, 0.15) is 5.75 Å². The maximum Gasteiger partial charge on any atom is 0.124 e. The Hall–Kier alpha value is -2.55. The zero-order valence-electron chi connectivity index (χ0n) is 16.6. The topological polar surface area (TPSA) is 38.1 Å². The average Bonchev–Trinajstić information content (AvgIpc) is 3.07. The molecule has 28 heavy (non-hydrogen) atoms. The summed E-state index contributed by atoms with van der Waals surface area (Å²) < 4.78 is 2.05. The molecule has 1 aliphatic rings. The van der Waals surface area contributed by atoms with Gasteiger partial charge in [0.05, 0.1) is 17.1 Å². The summed E-state index contributed by atoms with van der Waals surface area (Å²) >= 11 is 0. The predicted molar refractivity (Wildman–Crippen MR) is 115 cm³/mol. The molecule has 3 nitrogen and oxygen atoms in total. The SMILES string of the molecule is Oc1ccccc1-c1c2c(nn1-c1ccccc1)CCCCCCCCCC2. The molecule has 0 bridgehead atoms. The summed E-state index contributed by atoms with van der Waals surface area (Å²) in [4.78, 5) is 0. The highest BCUT2D eigenvalue weighted by Gasteiger charge is 2.22. The number of benzene rings is 2. The first-order valence-electron chi connectivity index (χ1n) is 10.8. The molecule has 0 amide bonds. The van der Waals surface area contributed by atoms with Crippen molar-refractivity contribution in [3.63, 3.8) is 0 Å². The number of phenolic OH excluding ortho intramolecular Hbond substituents is 1. The lowest BCUT2D eigenvalue weighted by Gasteiger charge is -2.12. The van der Waals surface area contributed by atoms with Crippen LogP contribution >= 0.6 is 0 Å². The van der Waals surface area contributed by atoms with Crippen LogP contribution in [0.4, 0.5) is 0 Å². The molecule has 0 unspecified atom stereocenters. The van der Waals surface area contributed by atoms with Crippen LogP contribution < -0.4 is 0 Å². The summed E-state index contributed by atoms with van der Waals surface area (Å²) in [6.07, 6.45) is 12.4. The van der Waals surface area contributed by atoms with Gasteiger partial charge in [0, 0.05) is 11.1 Å². The second kappa shape index (κ2) is 9.09. The van der Waals surface area contributed by atoms with Gasteiger partial charge in [-0.15, -0.1) is 0 Å². The van der Waals surface area contributed by atoms with Gasteiger partial charge in [-0.2, -0.15) is 5.10 Å². The normalized spacial score (nSPS) is 16.0. The number of phenols is 1. The molecule has 0 aliphatic heterocycles. The summed E-state index contributed by atoms with van der Waals surface area (Å²) in [5.41, 5.74) is 5.54. The average molecular weight is 375 g/mol. The number of hydrogen-bond donors (Lipinski definition) is 1. The highest BCUT2D eigenvalue weighted by Crippen LogP contribution is 2.36. The van der Waals surface area contributed by atoms with Crippen LogP contribution in [0.15, 0.2) is 54.6 Å². The third kappa shape index (κ3) is 4.14. The van der Waals surface area contributed by atoms with Crippen molar-refractivity contribution in [3.05, 3.63) is 65.9 Å². The smallest absolute Gasteiger partial charge is 0.124 e. The highest BCUT2D eigenvalue weighted by molar-refractivity contribution is 5.72. The molecular formula is C25H30N2O. The van der Waals surface area contributed by atoms with Crippen LogP contribution in [0.5, 0.6) is 5.75 Å². The fourth-order valence-electron chi connectivity index (χ4n) is 4.32. The number of aromatic nitrogens is 2. The van der Waals surface area contributed by atoms with Crippen molar-refractivity contribution in [2.75, 3.05) is 0 Å². The Morgan fingerprint density at radius 3 is 2.00 bits per heavy atom. The molecule has 0 fully saturated rings. The van der Waals surface area contributed by atoms with E-state index in [-0.39, 0.29) is 0 Å². The van der Waals surface area contributed by atoms with Crippen molar-refractivity contribution in [2.45, 2.75) is 64.2 Å². The maximum atomic E-state index is 10.6. The van der Waals surface area contributed by atoms with Gasteiger partial charge in [-0.05, 0) is 49.9 Å². The summed E-state index contributed by atoms with van der Waals surface area (Å²) in [7, 11) is 0. The van der Waals surface area contributed by atoms with Crippen molar-refractivity contribution in [1.82, 2.24) is 9.78 Å². The second-order valence-electron chi connectivity index (χ2n) is 7.87. The molecule has 0 saturated carbocycles. The van der Waals surface area contributed by atoms with Gasteiger partial charge in [-0.25, -0.2) is 4.68 Å². The number of para-hydroxylation sites is 2. The van der Waals surface area contributed by atoms with E-state index in [9.17, 15) is 5.11 Å². The van der Waals surface area contributed by atoms with E-state index in [4.69, 9.17) is 5.10 Å². The lowest BCUT2D eigenvalue weighted by Crippen LogP contribution is -2.00. The largest absolute Gasteiger partial charge is 0.507 e. The van der Waals surface area contributed by atoms with Crippen molar-refractivity contribution in [3.8, 4) is 22.7 Å². The Balaban J connectivity index is 1.84. The molecule has 0 spiro atoms. The number of aromatic hydroxyl groups is 1. The lowest BCUT2D eigenvalue weighted by atomic mass is 9.95. The summed E-state index contributed by atoms with van der Waals surface area (Å²) in [5.74, 6) is 0.327. The summed E-state index contributed by atoms with van der Waals surface area (Å²) in [6.45, 7) is 0. The number of aryl methyl sites for hydroxylation is 1. The van der Waals surface area contributed by atoms with E-state index in [2.05, 4.69) is 16.8 Å². The lowest BCUT2D eigenvalue weighted by molar-refractivity contribution is 0.477. The van der Waals surface area contributed by atoms with Gasteiger partial charge < -0.3 is 5.11 Å². The zero-order chi connectivity index (χ0) is 19.2. The molecule has 1 N–H and O–H groups in total. The third-order valence-electron chi connectivity index (χ3n) is 5.82. The molecule has 2 aromatic carbocycles.